The molecular weight excluding hydrogens is 272 g/mol. The van der Waals surface area contributed by atoms with E-state index in [4.69, 9.17) is 10.9 Å². The van der Waals surface area contributed by atoms with Crippen LogP contribution in [0, 0.1) is 17.8 Å². The molecule has 0 unspecified atom stereocenters. The minimum Gasteiger partial charge on any atom is -0.369 e. The van der Waals surface area contributed by atoms with E-state index < -0.39 is 23.7 Å². The van der Waals surface area contributed by atoms with Crippen molar-refractivity contribution in [2.75, 3.05) is 0 Å². The van der Waals surface area contributed by atoms with E-state index in [1.165, 1.54) is 0 Å². The first-order valence-corrected chi connectivity index (χ1v) is 7.14. The third kappa shape index (κ3) is 5.55. The molecule has 0 bridgehead atoms. The average Bonchev–Trinajstić information content (AvgIpc) is 2.93. The second-order valence-corrected chi connectivity index (χ2v) is 5.66. The number of hydroxylamine groups is 1. The van der Waals surface area contributed by atoms with Gasteiger partial charge in [-0.1, -0.05) is 13.8 Å². The maximum absolute atomic E-state index is 11.8. The van der Waals surface area contributed by atoms with Crippen molar-refractivity contribution in [3.8, 4) is 0 Å². The van der Waals surface area contributed by atoms with Crippen molar-refractivity contribution in [3.63, 3.8) is 0 Å². The normalized spacial score (nSPS) is 13.9. The summed E-state index contributed by atoms with van der Waals surface area (Å²) in [6.07, 6.45) is 6.91. The molecule has 0 saturated heterocycles. The highest BCUT2D eigenvalue weighted by atomic mass is 16.5. The summed E-state index contributed by atoms with van der Waals surface area (Å²) in [5.41, 5.74) is 7.08. The molecule has 7 heteroatoms. The van der Waals surface area contributed by atoms with E-state index in [2.05, 4.69) is 4.98 Å². The second-order valence-electron chi connectivity index (χ2n) is 5.66. The SMILES string of the molecule is CC(C)C[C@@H](C(N)=O)[C@H](CCCn1ccnc1)C(=O)NO. The third-order valence-electron chi connectivity index (χ3n) is 3.51. The van der Waals surface area contributed by atoms with Crippen molar-refractivity contribution in [2.45, 2.75) is 39.7 Å². The van der Waals surface area contributed by atoms with E-state index in [0.717, 1.165) is 0 Å². The van der Waals surface area contributed by atoms with E-state index in [1.807, 2.05) is 24.6 Å². The molecule has 0 aromatic carbocycles. The Balaban J connectivity index is 2.68. The second kappa shape index (κ2) is 8.41. The topological polar surface area (TPSA) is 110 Å². The Hall–Kier alpha value is -1.89. The first kappa shape index (κ1) is 17.2. The molecule has 21 heavy (non-hydrogen) atoms. The van der Waals surface area contributed by atoms with Crippen molar-refractivity contribution >= 4 is 11.8 Å². The lowest BCUT2D eigenvalue weighted by Crippen LogP contribution is -2.40. The average molecular weight is 296 g/mol. The Morgan fingerprint density at radius 1 is 1.38 bits per heavy atom. The van der Waals surface area contributed by atoms with Crippen molar-refractivity contribution in [1.82, 2.24) is 15.0 Å². The number of carbonyl (C=O) groups is 2. The van der Waals surface area contributed by atoms with Gasteiger partial charge in [0.15, 0.2) is 0 Å². The van der Waals surface area contributed by atoms with E-state index in [0.29, 0.717) is 25.8 Å². The number of nitrogens with two attached hydrogens (primary N) is 1. The maximum atomic E-state index is 11.8. The minimum atomic E-state index is -0.613. The third-order valence-corrected chi connectivity index (χ3v) is 3.51. The summed E-state index contributed by atoms with van der Waals surface area (Å²) in [5, 5.41) is 8.89. The quantitative estimate of drug-likeness (QED) is 0.465. The number of aromatic nitrogens is 2. The maximum Gasteiger partial charge on any atom is 0.247 e. The molecule has 0 fully saturated rings. The van der Waals surface area contributed by atoms with Crippen LogP contribution in [0.4, 0.5) is 0 Å². The molecule has 7 nitrogen and oxygen atoms in total. The van der Waals surface area contributed by atoms with Crippen LogP contribution < -0.4 is 11.2 Å². The number of nitrogens with zero attached hydrogens (tertiary/aromatic N) is 2. The first-order valence-electron chi connectivity index (χ1n) is 7.14. The Morgan fingerprint density at radius 2 is 2.10 bits per heavy atom. The monoisotopic (exact) mass is 296 g/mol. The van der Waals surface area contributed by atoms with Gasteiger partial charge in [0.2, 0.25) is 11.8 Å². The van der Waals surface area contributed by atoms with Gasteiger partial charge < -0.3 is 10.3 Å². The van der Waals surface area contributed by atoms with Gasteiger partial charge in [-0.15, -0.1) is 0 Å². The van der Waals surface area contributed by atoms with Crippen LogP contribution in [0.15, 0.2) is 18.7 Å². The highest BCUT2D eigenvalue weighted by Crippen LogP contribution is 2.25. The molecule has 1 aromatic heterocycles. The van der Waals surface area contributed by atoms with Crippen LogP contribution >= 0.6 is 0 Å². The number of nitrogens with one attached hydrogen (secondary N) is 1. The molecule has 2 amide bonds. The van der Waals surface area contributed by atoms with Gasteiger partial charge in [-0.2, -0.15) is 0 Å². The van der Waals surface area contributed by atoms with Crippen LogP contribution in [0.25, 0.3) is 0 Å². The highest BCUT2D eigenvalue weighted by Gasteiger charge is 2.32. The molecule has 0 aliphatic heterocycles. The van der Waals surface area contributed by atoms with Gasteiger partial charge in [-0.05, 0) is 25.2 Å². The number of hydrogen-bond donors (Lipinski definition) is 3. The fraction of sp³-hybridized carbons (Fsp3) is 0.643. The van der Waals surface area contributed by atoms with E-state index in [-0.39, 0.29) is 5.92 Å². The number of imidazole rings is 1. The summed E-state index contributed by atoms with van der Waals surface area (Å²) < 4.78 is 1.90. The van der Waals surface area contributed by atoms with Crippen LogP contribution in [0.3, 0.4) is 0 Å². The lowest BCUT2D eigenvalue weighted by Gasteiger charge is -2.24. The van der Waals surface area contributed by atoms with Gasteiger partial charge in [0.1, 0.15) is 0 Å². The summed E-state index contributed by atoms with van der Waals surface area (Å²) >= 11 is 0. The largest absolute Gasteiger partial charge is 0.369 e. The van der Waals surface area contributed by atoms with E-state index >= 15 is 0 Å². The molecule has 0 saturated carbocycles. The van der Waals surface area contributed by atoms with Gasteiger partial charge >= 0.3 is 0 Å². The smallest absolute Gasteiger partial charge is 0.247 e. The van der Waals surface area contributed by atoms with Gasteiger partial charge in [-0.3, -0.25) is 14.8 Å². The number of hydrogen-bond acceptors (Lipinski definition) is 4. The van der Waals surface area contributed by atoms with E-state index in [9.17, 15) is 9.59 Å². The van der Waals surface area contributed by atoms with Crippen LogP contribution in [0.1, 0.15) is 33.1 Å². The zero-order chi connectivity index (χ0) is 15.8. The molecule has 2 atom stereocenters. The summed E-state index contributed by atoms with van der Waals surface area (Å²) in [6, 6.07) is 0. The van der Waals surface area contributed by atoms with Crippen LogP contribution in [0.2, 0.25) is 0 Å². The summed E-state index contributed by atoms with van der Waals surface area (Å²) in [6.45, 7) is 4.63. The standard InChI is InChI=1S/C14H24N4O3/c1-10(2)8-12(13(15)19)11(14(20)17-21)4-3-6-18-7-5-16-9-18/h5,7,9-12,21H,3-4,6,8H2,1-2H3,(H2,15,19)(H,17,20)/t11-,12+/m0/s1. The Kier molecular flexibility index (Phi) is 6.87. The number of amides is 2. The Labute approximate surface area is 124 Å². The zero-order valence-corrected chi connectivity index (χ0v) is 12.5. The minimum absolute atomic E-state index is 0.241. The molecule has 0 aliphatic rings. The fourth-order valence-corrected chi connectivity index (χ4v) is 2.50. The van der Waals surface area contributed by atoms with Gasteiger partial charge in [-0.25, -0.2) is 10.5 Å². The van der Waals surface area contributed by atoms with Crippen molar-refractivity contribution in [3.05, 3.63) is 18.7 Å². The molecule has 1 rings (SSSR count). The lowest BCUT2D eigenvalue weighted by molar-refractivity contribution is -0.140. The molecule has 0 aliphatic carbocycles. The summed E-state index contributed by atoms with van der Waals surface area (Å²) in [4.78, 5) is 27.4. The number of primary amides is 1. The van der Waals surface area contributed by atoms with Gasteiger partial charge in [0.25, 0.3) is 0 Å². The fourth-order valence-electron chi connectivity index (χ4n) is 2.50. The molecule has 4 N–H and O–H groups in total. The predicted molar refractivity (Wildman–Crippen MR) is 77.0 cm³/mol. The summed E-state index contributed by atoms with van der Waals surface area (Å²) in [7, 11) is 0. The molecule has 1 heterocycles. The van der Waals surface area contributed by atoms with Crippen molar-refractivity contribution < 1.29 is 14.8 Å². The van der Waals surface area contributed by atoms with Gasteiger partial charge in [0.05, 0.1) is 12.2 Å². The molecule has 0 spiro atoms. The highest BCUT2D eigenvalue weighted by molar-refractivity contribution is 5.86. The van der Waals surface area contributed by atoms with Crippen LogP contribution in [-0.4, -0.2) is 26.6 Å². The first-order chi connectivity index (χ1) is 9.95. The molecule has 1 aromatic rings. The molecule has 118 valence electrons. The van der Waals surface area contributed by atoms with E-state index in [1.54, 1.807) is 18.0 Å². The zero-order valence-electron chi connectivity index (χ0n) is 12.5. The Morgan fingerprint density at radius 3 is 2.57 bits per heavy atom. The summed E-state index contributed by atoms with van der Waals surface area (Å²) in [5.74, 6) is -1.99. The van der Waals surface area contributed by atoms with Crippen LogP contribution in [-0.2, 0) is 16.1 Å². The van der Waals surface area contributed by atoms with Crippen molar-refractivity contribution in [1.29, 1.82) is 0 Å². The number of rotatable bonds is 9. The van der Waals surface area contributed by atoms with Crippen LogP contribution in [0.5, 0.6) is 0 Å². The number of aryl methyl sites for hydroxylation is 1. The predicted octanol–water partition coefficient (Wildman–Crippen LogP) is 0.933. The van der Waals surface area contributed by atoms with Crippen molar-refractivity contribution in [2.24, 2.45) is 23.5 Å². The van der Waals surface area contributed by atoms with Gasteiger partial charge in [0, 0.05) is 24.9 Å². The Bertz CT molecular complexity index is 445. The molecular formula is C14H24N4O3. The lowest BCUT2D eigenvalue weighted by atomic mass is 9.81. The molecule has 0 radical (unpaired) electrons. The number of carbonyl (C=O) groups excluding carboxylic acids is 2.